The SMILES string of the molecule is O=C([O-])CC[C@@H](O)C(=O)[O-].[Zn+2]. The predicted molar refractivity (Wildman–Crippen MR) is 25.3 cm³/mol. The Kier molecular flexibility index (Phi) is 7.46. The first-order chi connectivity index (χ1) is 4.54. The largest absolute Gasteiger partial charge is 2.00 e. The molecule has 1 N–H and O–H groups in total. The molecule has 0 aromatic heterocycles. The minimum atomic E-state index is -1.71. The first-order valence-corrected chi connectivity index (χ1v) is 2.63. The van der Waals surface area contributed by atoms with Crippen LogP contribution in [-0.4, -0.2) is 23.1 Å². The van der Waals surface area contributed by atoms with Crippen molar-refractivity contribution in [1.82, 2.24) is 0 Å². The Hall–Kier alpha value is -0.477. The van der Waals surface area contributed by atoms with Gasteiger partial charge in [-0.2, -0.15) is 0 Å². The van der Waals surface area contributed by atoms with Crippen LogP contribution in [-0.2, 0) is 29.1 Å². The first kappa shape index (κ1) is 13.1. The fourth-order valence-corrected chi connectivity index (χ4v) is 0.372. The van der Waals surface area contributed by atoms with Gasteiger partial charge in [-0.3, -0.25) is 0 Å². The quantitative estimate of drug-likeness (QED) is 0.489. The van der Waals surface area contributed by atoms with Gasteiger partial charge in [-0.15, -0.1) is 0 Å². The van der Waals surface area contributed by atoms with Gasteiger partial charge in [0.05, 0.1) is 12.1 Å². The van der Waals surface area contributed by atoms with Crippen LogP contribution in [0.1, 0.15) is 12.8 Å². The molecule has 0 aliphatic carbocycles. The van der Waals surface area contributed by atoms with Gasteiger partial charge in [-0.05, 0) is 12.8 Å². The summed E-state index contributed by atoms with van der Waals surface area (Å²) in [7, 11) is 0. The summed E-state index contributed by atoms with van der Waals surface area (Å²) in [5.74, 6) is -3.05. The molecule has 0 radical (unpaired) electrons. The van der Waals surface area contributed by atoms with Gasteiger partial charge in [-0.1, -0.05) is 0 Å². The number of carbonyl (C=O) groups excluding carboxylic acids is 2. The molecule has 5 nitrogen and oxygen atoms in total. The minimum Gasteiger partial charge on any atom is -0.550 e. The molecule has 0 heterocycles. The standard InChI is InChI=1S/C5H8O5.Zn/c6-3(5(9)10)1-2-4(7)8;/h3,6H,1-2H2,(H,7,8)(H,9,10);/q;+2/p-2/t3-;/m1./s1. The molecule has 0 bridgehead atoms. The Labute approximate surface area is 75.8 Å². The smallest absolute Gasteiger partial charge is 0.550 e. The fraction of sp³-hybridized carbons (Fsp3) is 0.600. The number of aliphatic hydroxyl groups is 1. The van der Waals surface area contributed by atoms with Crippen LogP contribution in [0.2, 0.25) is 0 Å². The number of hydrogen-bond acceptors (Lipinski definition) is 5. The summed E-state index contributed by atoms with van der Waals surface area (Å²) in [4.78, 5) is 19.4. The van der Waals surface area contributed by atoms with Crippen LogP contribution in [0, 0.1) is 0 Å². The summed E-state index contributed by atoms with van der Waals surface area (Å²) in [5, 5.41) is 27.9. The van der Waals surface area contributed by atoms with Crippen molar-refractivity contribution in [3.05, 3.63) is 0 Å². The summed E-state index contributed by atoms with van der Waals surface area (Å²) in [5.41, 5.74) is 0. The van der Waals surface area contributed by atoms with Crippen molar-refractivity contribution in [2.45, 2.75) is 18.9 Å². The third kappa shape index (κ3) is 7.42. The Bertz CT molecular complexity index is 146. The zero-order valence-corrected chi connectivity index (χ0v) is 8.75. The second-order valence-corrected chi connectivity index (χ2v) is 1.75. The zero-order chi connectivity index (χ0) is 8.15. The van der Waals surface area contributed by atoms with Gasteiger partial charge in [0, 0.05) is 5.97 Å². The molecular formula is C5H6O5Zn. The Balaban J connectivity index is 0. The van der Waals surface area contributed by atoms with Crippen LogP contribution in [0.25, 0.3) is 0 Å². The van der Waals surface area contributed by atoms with Crippen molar-refractivity contribution in [2.75, 3.05) is 0 Å². The van der Waals surface area contributed by atoms with Crippen molar-refractivity contribution in [3.63, 3.8) is 0 Å². The van der Waals surface area contributed by atoms with Gasteiger partial charge in [0.1, 0.15) is 0 Å². The normalized spacial score (nSPS) is 11.4. The number of carboxylic acids is 2. The maximum absolute atomic E-state index is 9.74. The Morgan fingerprint density at radius 2 is 1.82 bits per heavy atom. The second-order valence-electron chi connectivity index (χ2n) is 1.75. The zero-order valence-electron chi connectivity index (χ0n) is 5.78. The van der Waals surface area contributed by atoms with Crippen LogP contribution in [0.15, 0.2) is 0 Å². The number of rotatable bonds is 4. The van der Waals surface area contributed by atoms with E-state index in [9.17, 15) is 19.8 Å². The molecule has 1 atom stereocenters. The molecule has 11 heavy (non-hydrogen) atoms. The van der Waals surface area contributed by atoms with E-state index in [0.29, 0.717) is 0 Å². The van der Waals surface area contributed by atoms with Gasteiger partial charge in [0.15, 0.2) is 0 Å². The topological polar surface area (TPSA) is 100 Å². The summed E-state index contributed by atoms with van der Waals surface area (Å²) in [6, 6.07) is 0. The van der Waals surface area contributed by atoms with Crippen molar-refractivity contribution in [2.24, 2.45) is 0 Å². The molecule has 0 fully saturated rings. The summed E-state index contributed by atoms with van der Waals surface area (Å²) >= 11 is 0. The number of hydrogen-bond donors (Lipinski definition) is 1. The van der Waals surface area contributed by atoms with Crippen molar-refractivity contribution >= 4 is 11.9 Å². The van der Waals surface area contributed by atoms with Crippen LogP contribution < -0.4 is 10.2 Å². The summed E-state index contributed by atoms with van der Waals surface area (Å²) < 4.78 is 0. The molecule has 0 aromatic rings. The average molecular weight is 211 g/mol. The van der Waals surface area contributed by atoms with Gasteiger partial charge in [0.2, 0.25) is 0 Å². The van der Waals surface area contributed by atoms with Crippen LogP contribution in [0.4, 0.5) is 0 Å². The van der Waals surface area contributed by atoms with E-state index in [0.717, 1.165) is 0 Å². The molecule has 0 aliphatic heterocycles. The average Bonchev–Trinajstić information content (AvgIpc) is 1.82. The molecule has 0 spiro atoms. The van der Waals surface area contributed by atoms with Gasteiger partial charge in [0.25, 0.3) is 0 Å². The summed E-state index contributed by atoms with van der Waals surface area (Å²) in [6.45, 7) is 0. The molecule has 0 aromatic carbocycles. The number of aliphatic carboxylic acids is 2. The van der Waals surface area contributed by atoms with Crippen LogP contribution in [0.3, 0.4) is 0 Å². The Morgan fingerprint density at radius 3 is 2.09 bits per heavy atom. The molecule has 0 amide bonds. The van der Waals surface area contributed by atoms with Crippen molar-refractivity contribution in [3.8, 4) is 0 Å². The van der Waals surface area contributed by atoms with E-state index in [4.69, 9.17) is 5.11 Å². The van der Waals surface area contributed by atoms with E-state index >= 15 is 0 Å². The third-order valence-corrected chi connectivity index (χ3v) is 0.894. The predicted octanol–water partition coefficient (Wildman–Crippen LogP) is -3.38. The second kappa shape index (κ2) is 6.25. The number of carboxylic acid groups (broad SMARTS) is 2. The molecule has 6 heteroatoms. The van der Waals surface area contributed by atoms with Gasteiger partial charge in [-0.25, -0.2) is 0 Å². The molecule has 0 saturated carbocycles. The minimum absolute atomic E-state index is 0. The Morgan fingerprint density at radius 1 is 1.36 bits per heavy atom. The molecule has 0 unspecified atom stereocenters. The van der Waals surface area contributed by atoms with Crippen molar-refractivity contribution in [1.29, 1.82) is 0 Å². The summed E-state index contributed by atoms with van der Waals surface area (Å²) in [6.07, 6.45) is -2.56. The molecule has 58 valence electrons. The molecule has 0 aliphatic rings. The third-order valence-electron chi connectivity index (χ3n) is 0.894. The monoisotopic (exact) mass is 210 g/mol. The molecule has 0 rings (SSSR count). The van der Waals surface area contributed by atoms with Crippen molar-refractivity contribution < 1.29 is 44.4 Å². The number of aliphatic hydroxyl groups excluding tert-OH is 1. The molecule has 0 saturated heterocycles. The van der Waals surface area contributed by atoms with E-state index in [2.05, 4.69) is 0 Å². The van der Waals surface area contributed by atoms with Crippen LogP contribution in [0.5, 0.6) is 0 Å². The van der Waals surface area contributed by atoms with Gasteiger partial charge >= 0.3 is 19.5 Å². The van der Waals surface area contributed by atoms with Gasteiger partial charge < -0.3 is 24.9 Å². The molecular weight excluding hydrogens is 205 g/mol. The van der Waals surface area contributed by atoms with E-state index in [-0.39, 0.29) is 25.9 Å². The maximum atomic E-state index is 9.74. The van der Waals surface area contributed by atoms with E-state index < -0.39 is 24.5 Å². The van der Waals surface area contributed by atoms with E-state index in [1.807, 2.05) is 0 Å². The maximum Gasteiger partial charge on any atom is 2.00 e. The fourth-order valence-electron chi connectivity index (χ4n) is 0.372. The number of carbonyl (C=O) groups is 2. The van der Waals surface area contributed by atoms with E-state index in [1.54, 1.807) is 0 Å². The first-order valence-electron chi connectivity index (χ1n) is 2.63. The van der Waals surface area contributed by atoms with E-state index in [1.165, 1.54) is 0 Å². The van der Waals surface area contributed by atoms with Crippen LogP contribution >= 0.6 is 0 Å².